The molecular formula is C9H10N2OS. The van der Waals surface area contributed by atoms with Gasteiger partial charge in [0.25, 0.3) is 0 Å². The molecule has 0 atom stereocenters. The fourth-order valence-electron chi connectivity index (χ4n) is 0.867. The van der Waals surface area contributed by atoms with Crippen LogP contribution in [0.4, 0.5) is 5.69 Å². The van der Waals surface area contributed by atoms with Gasteiger partial charge in [-0.15, -0.1) is 0 Å². The van der Waals surface area contributed by atoms with Crippen LogP contribution in [0.25, 0.3) is 0 Å². The molecule has 0 saturated carbocycles. The van der Waals surface area contributed by atoms with E-state index in [1.54, 1.807) is 24.3 Å². The fraction of sp³-hybridized carbons (Fsp3) is 0.111. The van der Waals surface area contributed by atoms with Gasteiger partial charge in [-0.25, -0.2) is 0 Å². The zero-order valence-corrected chi connectivity index (χ0v) is 8.02. The van der Waals surface area contributed by atoms with E-state index in [-0.39, 0.29) is 5.91 Å². The van der Waals surface area contributed by atoms with Crippen molar-refractivity contribution in [1.29, 1.82) is 0 Å². The summed E-state index contributed by atoms with van der Waals surface area (Å²) in [5.74, 6) is -0.165. The van der Waals surface area contributed by atoms with Gasteiger partial charge in [-0.2, -0.15) is 0 Å². The molecule has 3 N–H and O–H groups in total. The quantitative estimate of drug-likeness (QED) is 0.519. The van der Waals surface area contributed by atoms with E-state index in [1.165, 1.54) is 6.92 Å². The molecule has 4 heteroatoms. The molecule has 1 amide bonds. The number of thiocarbonyl (C=S) groups is 1. The normalized spacial score (nSPS) is 9.31. The minimum absolute atomic E-state index is 0.165. The monoisotopic (exact) mass is 194 g/mol. The van der Waals surface area contributed by atoms with Crippen LogP contribution >= 0.6 is 12.2 Å². The fourth-order valence-corrected chi connectivity index (χ4v) is 1.15. The highest BCUT2D eigenvalue weighted by atomic mass is 32.1. The summed E-state index contributed by atoms with van der Waals surface area (Å²) >= 11 is 4.97. The number of hydrogen-bond donors (Lipinski definition) is 2. The van der Waals surface area contributed by atoms with Crippen molar-refractivity contribution in [3.8, 4) is 0 Å². The van der Waals surface area contributed by atoms with Crippen molar-refractivity contribution in [2.45, 2.75) is 6.92 Å². The summed E-state index contributed by atoms with van der Waals surface area (Å²) in [5, 5.41) is 2.53. The summed E-state index contributed by atoms with van der Waals surface area (Å²) in [6.45, 7) is 1.42. The van der Waals surface area contributed by atoms with E-state index < -0.39 is 0 Å². The van der Waals surface area contributed by atoms with Gasteiger partial charge in [-0.3, -0.25) is 4.79 Å². The van der Waals surface area contributed by atoms with Gasteiger partial charge < -0.3 is 11.1 Å². The van der Waals surface area contributed by atoms with E-state index in [4.69, 9.17) is 18.0 Å². The third-order valence-corrected chi connectivity index (χ3v) is 1.80. The Labute approximate surface area is 81.9 Å². The highest BCUT2D eigenvalue weighted by molar-refractivity contribution is 7.80. The third-order valence-electron chi connectivity index (χ3n) is 1.46. The number of rotatable bonds is 1. The van der Waals surface area contributed by atoms with Crippen molar-refractivity contribution < 1.29 is 4.79 Å². The number of benzene rings is 1. The molecule has 0 aliphatic rings. The van der Waals surface area contributed by atoms with Gasteiger partial charge in [0, 0.05) is 18.2 Å². The van der Waals surface area contributed by atoms with Crippen molar-refractivity contribution in [3.05, 3.63) is 29.8 Å². The number of nitrogens with one attached hydrogen (secondary N) is 1. The Morgan fingerprint density at radius 2 is 1.92 bits per heavy atom. The molecule has 0 fully saturated rings. The number of hydrogen-bond acceptors (Lipinski definition) is 3. The van der Waals surface area contributed by atoms with Crippen molar-refractivity contribution in [3.63, 3.8) is 0 Å². The molecule has 1 aromatic rings. The Hall–Kier alpha value is -1.42. The van der Waals surface area contributed by atoms with Crippen LogP contribution in [0, 0.1) is 0 Å². The molecule has 1 aromatic carbocycles. The molecule has 0 spiro atoms. The Balaban J connectivity index is 2.78. The Morgan fingerprint density at radius 3 is 2.38 bits per heavy atom. The van der Waals surface area contributed by atoms with E-state index in [9.17, 15) is 4.79 Å². The molecule has 3 nitrogen and oxygen atoms in total. The maximum atomic E-state index is 10.7. The van der Waals surface area contributed by atoms with E-state index in [2.05, 4.69) is 5.32 Å². The van der Waals surface area contributed by atoms with Crippen molar-refractivity contribution in [2.24, 2.45) is 0 Å². The molecule has 68 valence electrons. The molecule has 0 aliphatic heterocycles. The van der Waals surface area contributed by atoms with Crippen molar-refractivity contribution in [1.82, 2.24) is 5.32 Å². The van der Waals surface area contributed by atoms with Crippen LogP contribution in [0.3, 0.4) is 0 Å². The second kappa shape index (κ2) is 4.00. The first kappa shape index (κ1) is 9.67. The lowest BCUT2D eigenvalue weighted by molar-refractivity contribution is -0.117. The smallest absolute Gasteiger partial charge is 0.221 e. The number of anilines is 1. The van der Waals surface area contributed by atoms with Gasteiger partial charge in [-0.05, 0) is 24.3 Å². The van der Waals surface area contributed by atoms with Crippen LogP contribution in [0.15, 0.2) is 24.3 Å². The van der Waals surface area contributed by atoms with Gasteiger partial charge >= 0.3 is 0 Å². The lowest BCUT2D eigenvalue weighted by atomic mass is 10.2. The first-order valence-electron chi connectivity index (χ1n) is 3.77. The minimum atomic E-state index is -0.165. The molecule has 0 unspecified atom stereocenters. The lowest BCUT2D eigenvalue weighted by Gasteiger charge is -2.03. The summed E-state index contributed by atoms with van der Waals surface area (Å²) in [4.78, 5) is 11.1. The molecule has 0 radical (unpaired) electrons. The Bertz CT molecular complexity index is 332. The van der Waals surface area contributed by atoms with E-state index in [1.807, 2.05) is 0 Å². The third kappa shape index (κ3) is 2.83. The molecule has 0 heterocycles. The van der Waals surface area contributed by atoms with E-state index >= 15 is 0 Å². The summed E-state index contributed by atoms with van der Waals surface area (Å²) in [6.07, 6.45) is 0. The highest BCUT2D eigenvalue weighted by Crippen LogP contribution is 2.05. The number of carbonyl (C=O) groups excluding carboxylic acids is 1. The predicted molar refractivity (Wildman–Crippen MR) is 56.4 cm³/mol. The molecule has 1 rings (SSSR count). The lowest BCUT2D eigenvalue weighted by Crippen LogP contribution is -2.26. The van der Waals surface area contributed by atoms with Crippen LogP contribution in [-0.2, 0) is 4.79 Å². The van der Waals surface area contributed by atoms with Crippen LogP contribution in [0.5, 0.6) is 0 Å². The first-order valence-corrected chi connectivity index (χ1v) is 4.18. The molecule has 0 aromatic heterocycles. The second-order valence-corrected chi connectivity index (χ2v) is 3.04. The molecule has 13 heavy (non-hydrogen) atoms. The predicted octanol–water partition coefficient (Wildman–Crippen LogP) is 1.08. The summed E-state index contributed by atoms with van der Waals surface area (Å²) < 4.78 is 0. The number of nitrogen functional groups attached to an aromatic ring is 1. The topological polar surface area (TPSA) is 55.1 Å². The Kier molecular flexibility index (Phi) is 2.97. The van der Waals surface area contributed by atoms with E-state index in [0.29, 0.717) is 10.7 Å². The van der Waals surface area contributed by atoms with Crippen LogP contribution in [-0.4, -0.2) is 10.9 Å². The molecule has 0 saturated heterocycles. The molecular weight excluding hydrogens is 184 g/mol. The van der Waals surface area contributed by atoms with Crippen molar-refractivity contribution >= 4 is 28.8 Å². The largest absolute Gasteiger partial charge is 0.399 e. The van der Waals surface area contributed by atoms with Gasteiger partial charge in [0.15, 0.2) is 0 Å². The average molecular weight is 194 g/mol. The standard InChI is InChI=1S/C9H10N2OS/c1-6(12)11-9(13)7-2-4-8(10)5-3-7/h2-5H,10H2,1H3,(H,11,12,13). The SMILES string of the molecule is CC(=O)NC(=S)c1ccc(N)cc1. The van der Waals surface area contributed by atoms with Gasteiger partial charge in [0.1, 0.15) is 4.99 Å². The highest BCUT2D eigenvalue weighted by Gasteiger charge is 2.01. The first-order chi connectivity index (χ1) is 6.09. The molecule has 0 bridgehead atoms. The van der Waals surface area contributed by atoms with E-state index in [0.717, 1.165) is 5.56 Å². The van der Waals surface area contributed by atoms with Crippen LogP contribution < -0.4 is 11.1 Å². The average Bonchev–Trinajstić information content (AvgIpc) is 2.04. The summed E-state index contributed by atoms with van der Waals surface area (Å²) in [5.41, 5.74) is 6.96. The van der Waals surface area contributed by atoms with Crippen molar-refractivity contribution in [2.75, 3.05) is 5.73 Å². The number of amides is 1. The van der Waals surface area contributed by atoms with Crippen LogP contribution in [0.1, 0.15) is 12.5 Å². The second-order valence-electron chi connectivity index (χ2n) is 2.63. The zero-order valence-electron chi connectivity index (χ0n) is 7.20. The minimum Gasteiger partial charge on any atom is -0.399 e. The van der Waals surface area contributed by atoms with Gasteiger partial charge in [-0.1, -0.05) is 12.2 Å². The summed E-state index contributed by atoms with van der Waals surface area (Å²) in [7, 11) is 0. The zero-order chi connectivity index (χ0) is 9.84. The van der Waals surface area contributed by atoms with Gasteiger partial charge in [0.2, 0.25) is 5.91 Å². The maximum absolute atomic E-state index is 10.7. The maximum Gasteiger partial charge on any atom is 0.221 e. The number of carbonyl (C=O) groups is 1. The number of nitrogens with two attached hydrogens (primary N) is 1. The Morgan fingerprint density at radius 1 is 1.38 bits per heavy atom. The summed E-state index contributed by atoms with van der Waals surface area (Å²) in [6, 6.07) is 7.02. The molecule has 0 aliphatic carbocycles. The van der Waals surface area contributed by atoms with Gasteiger partial charge in [0.05, 0.1) is 0 Å². The van der Waals surface area contributed by atoms with Crippen LogP contribution in [0.2, 0.25) is 0 Å².